The quantitative estimate of drug-likeness (QED) is 0.540. The van der Waals surface area contributed by atoms with E-state index in [9.17, 15) is 4.79 Å². The van der Waals surface area contributed by atoms with Crippen molar-refractivity contribution in [1.29, 1.82) is 0 Å². The highest BCUT2D eigenvalue weighted by Gasteiger charge is 2.15. The highest BCUT2D eigenvalue weighted by molar-refractivity contribution is 5.90. The standard InChI is InChI=1S/C6H8N4O/c11-6-5-8-4-9-10(5)3-1-2-7-6/h4H,1-3H2,(H,7,11). The molecule has 0 fully saturated rings. The molecule has 0 atom stereocenters. The predicted octanol–water partition coefficient (Wildman–Crippen LogP) is -0.588. The van der Waals surface area contributed by atoms with Crippen LogP contribution in [-0.2, 0) is 6.54 Å². The number of fused-ring (bicyclic) bond motifs is 1. The molecule has 1 aromatic heterocycles. The summed E-state index contributed by atoms with van der Waals surface area (Å²) < 4.78 is 1.63. The van der Waals surface area contributed by atoms with E-state index in [4.69, 9.17) is 0 Å². The van der Waals surface area contributed by atoms with Crippen LogP contribution in [0.2, 0.25) is 0 Å². The van der Waals surface area contributed by atoms with Gasteiger partial charge in [-0.2, -0.15) is 5.10 Å². The Balaban J connectivity index is 2.41. The van der Waals surface area contributed by atoms with Crippen molar-refractivity contribution in [3.05, 3.63) is 12.2 Å². The normalized spacial score (nSPS) is 16.9. The van der Waals surface area contributed by atoms with Gasteiger partial charge in [-0.1, -0.05) is 0 Å². The van der Waals surface area contributed by atoms with Gasteiger partial charge in [-0.25, -0.2) is 9.67 Å². The van der Waals surface area contributed by atoms with Gasteiger partial charge in [-0.15, -0.1) is 0 Å². The van der Waals surface area contributed by atoms with Gasteiger partial charge in [0.15, 0.2) is 0 Å². The fourth-order valence-corrected chi connectivity index (χ4v) is 1.11. The Kier molecular flexibility index (Phi) is 1.34. The molecule has 0 bridgehead atoms. The molecule has 5 nitrogen and oxygen atoms in total. The van der Waals surface area contributed by atoms with Crippen LogP contribution < -0.4 is 5.32 Å². The number of amides is 1. The van der Waals surface area contributed by atoms with Gasteiger partial charge in [-0.05, 0) is 6.42 Å². The fourth-order valence-electron chi connectivity index (χ4n) is 1.11. The number of carbonyl (C=O) groups is 1. The maximum absolute atomic E-state index is 11.1. The second-order valence-electron chi connectivity index (χ2n) is 2.42. The van der Waals surface area contributed by atoms with Crippen molar-refractivity contribution in [2.75, 3.05) is 6.54 Å². The molecular formula is C6H8N4O. The lowest BCUT2D eigenvalue weighted by Gasteiger charge is -1.95. The fraction of sp³-hybridized carbons (Fsp3) is 0.500. The van der Waals surface area contributed by atoms with E-state index in [0.29, 0.717) is 12.4 Å². The first kappa shape index (κ1) is 6.33. The van der Waals surface area contributed by atoms with E-state index in [1.54, 1.807) is 4.68 Å². The van der Waals surface area contributed by atoms with Crippen LogP contribution in [0, 0.1) is 0 Å². The summed E-state index contributed by atoms with van der Waals surface area (Å²) in [6.45, 7) is 1.48. The molecule has 0 unspecified atom stereocenters. The molecule has 0 radical (unpaired) electrons. The zero-order valence-corrected chi connectivity index (χ0v) is 5.95. The number of hydrogen-bond acceptors (Lipinski definition) is 3. The number of nitrogens with zero attached hydrogens (tertiary/aromatic N) is 3. The van der Waals surface area contributed by atoms with E-state index in [2.05, 4.69) is 15.4 Å². The molecule has 58 valence electrons. The highest BCUT2D eigenvalue weighted by Crippen LogP contribution is 1.99. The van der Waals surface area contributed by atoms with Crippen molar-refractivity contribution in [3.8, 4) is 0 Å². The number of aryl methyl sites for hydroxylation is 1. The molecule has 0 spiro atoms. The monoisotopic (exact) mass is 152 g/mol. The first-order chi connectivity index (χ1) is 5.38. The summed E-state index contributed by atoms with van der Waals surface area (Å²) in [5.74, 6) is 0.294. The van der Waals surface area contributed by atoms with Gasteiger partial charge < -0.3 is 5.32 Å². The summed E-state index contributed by atoms with van der Waals surface area (Å²) in [7, 11) is 0. The summed E-state index contributed by atoms with van der Waals surface area (Å²) in [6, 6.07) is 0. The van der Waals surface area contributed by atoms with Gasteiger partial charge in [0.1, 0.15) is 6.33 Å². The van der Waals surface area contributed by atoms with Crippen LogP contribution in [0.4, 0.5) is 0 Å². The van der Waals surface area contributed by atoms with Crippen LogP contribution in [0.1, 0.15) is 17.0 Å². The molecule has 0 aromatic carbocycles. The second-order valence-corrected chi connectivity index (χ2v) is 2.42. The third-order valence-corrected chi connectivity index (χ3v) is 1.65. The molecular weight excluding hydrogens is 144 g/mol. The van der Waals surface area contributed by atoms with E-state index in [0.717, 1.165) is 13.0 Å². The molecule has 0 aliphatic carbocycles. The first-order valence-electron chi connectivity index (χ1n) is 3.54. The molecule has 0 saturated carbocycles. The summed E-state index contributed by atoms with van der Waals surface area (Å²) in [4.78, 5) is 15.0. The number of rotatable bonds is 0. The smallest absolute Gasteiger partial charge is 0.288 e. The topological polar surface area (TPSA) is 59.8 Å². The molecule has 5 heteroatoms. The van der Waals surface area contributed by atoms with Crippen LogP contribution in [0.25, 0.3) is 0 Å². The summed E-state index contributed by atoms with van der Waals surface area (Å²) in [5.41, 5.74) is 0. The van der Waals surface area contributed by atoms with E-state index in [-0.39, 0.29) is 5.91 Å². The van der Waals surface area contributed by atoms with Gasteiger partial charge in [0.2, 0.25) is 5.82 Å². The van der Waals surface area contributed by atoms with Crippen LogP contribution in [0.15, 0.2) is 6.33 Å². The molecule has 1 amide bonds. The van der Waals surface area contributed by atoms with E-state index in [1.807, 2.05) is 0 Å². The lowest BCUT2D eigenvalue weighted by Crippen LogP contribution is -2.23. The third kappa shape index (κ3) is 0.978. The largest absolute Gasteiger partial charge is 0.349 e. The molecule has 1 aromatic rings. The molecule has 0 saturated heterocycles. The van der Waals surface area contributed by atoms with Crippen LogP contribution in [0.3, 0.4) is 0 Å². The van der Waals surface area contributed by atoms with Crippen LogP contribution in [0.5, 0.6) is 0 Å². The van der Waals surface area contributed by atoms with Crippen molar-refractivity contribution >= 4 is 5.91 Å². The van der Waals surface area contributed by atoms with Gasteiger partial charge in [-0.3, -0.25) is 4.79 Å². The van der Waals surface area contributed by atoms with Gasteiger partial charge in [0.05, 0.1) is 0 Å². The summed E-state index contributed by atoms with van der Waals surface area (Å²) in [5, 5.41) is 6.64. The van der Waals surface area contributed by atoms with Crippen molar-refractivity contribution in [2.24, 2.45) is 0 Å². The van der Waals surface area contributed by atoms with Crippen molar-refractivity contribution in [3.63, 3.8) is 0 Å². The molecule has 1 aliphatic heterocycles. The number of aromatic nitrogens is 3. The number of carbonyl (C=O) groups excluding carboxylic acids is 1. The van der Waals surface area contributed by atoms with E-state index < -0.39 is 0 Å². The maximum Gasteiger partial charge on any atom is 0.288 e. The van der Waals surface area contributed by atoms with Crippen molar-refractivity contribution in [2.45, 2.75) is 13.0 Å². The van der Waals surface area contributed by atoms with Crippen molar-refractivity contribution < 1.29 is 4.79 Å². The first-order valence-corrected chi connectivity index (χ1v) is 3.54. The van der Waals surface area contributed by atoms with Crippen LogP contribution in [-0.4, -0.2) is 27.2 Å². The zero-order valence-electron chi connectivity index (χ0n) is 5.95. The lowest BCUT2D eigenvalue weighted by atomic mass is 10.4. The number of hydrogen-bond donors (Lipinski definition) is 1. The van der Waals surface area contributed by atoms with Gasteiger partial charge >= 0.3 is 0 Å². The highest BCUT2D eigenvalue weighted by atomic mass is 16.2. The van der Waals surface area contributed by atoms with Gasteiger partial charge in [0.25, 0.3) is 5.91 Å². The number of nitrogens with one attached hydrogen (secondary N) is 1. The Morgan fingerprint density at radius 1 is 1.64 bits per heavy atom. The summed E-state index contributed by atoms with van der Waals surface area (Å²) >= 11 is 0. The SMILES string of the molecule is O=C1NCCCn2ncnc21. The maximum atomic E-state index is 11.1. The zero-order chi connectivity index (χ0) is 7.68. The van der Waals surface area contributed by atoms with E-state index >= 15 is 0 Å². The Morgan fingerprint density at radius 3 is 3.45 bits per heavy atom. The Hall–Kier alpha value is -1.39. The average Bonchev–Trinajstić information content (AvgIpc) is 2.40. The average molecular weight is 152 g/mol. The Morgan fingerprint density at radius 2 is 2.55 bits per heavy atom. The minimum Gasteiger partial charge on any atom is -0.349 e. The van der Waals surface area contributed by atoms with Crippen LogP contribution >= 0.6 is 0 Å². The molecule has 2 rings (SSSR count). The van der Waals surface area contributed by atoms with E-state index in [1.165, 1.54) is 6.33 Å². The van der Waals surface area contributed by atoms with Gasteiger partial charge in [0, 0.05) is 13.1 Å². The second kappa shape index (κ2) is 2.34. The minimum absolute atomic E-state index is 0.125. The molecule has 2 heterocycles. The summed E-state index contributed by atoms with van der Waals surface area (Å²) in [6.07, 6.45) is 2.32. The molecule has 11 heavy (non-hydrogen) atoms. The van der Waals surface area contributed by atoms with Crippen molar-refractivity contribution in [1.82, 2.24) is 20.1 Å². The Labute approximate surface area is 63.4 Å². The molecule has 1 N–H and O–H groups in total. The lowest BCUT2D eigenvalue weighted by molar-refractivity contribution is 0.0945. The minimum atomic E-state index is -0.125. The third-order valence-electron chi connectivity index (χ3n) is 1.65. The Bertz CT molecular complexity index is 280. The predicted molar refractivity (Wildman–Crippen MR) is 37.0 cm³/mol. The molecule has 1 aliphatic rings.